The number of nitrogens with zero attached hydrogens (tertiary/aromatic N) is 1. The number of rotatable bonds is 6. The van der Waals surface area contributed by atoms with E-state index in [0.29, 0.717) is 5.69 Å². The predicted molar refractivity (Wildman–Crippen MR) is 75.5 cm³/mol. The van der Waals surface area contributed by atoms with E-state index < -0.39 is 7.75 Å². The summed E-state index contributed by atoms with van der Waals surface area (Å²) in [7, 11) is -1.94. The third-order valence-corrected chi connectivity index (χ3v) is 4.06. The van der Waals surface area contributed by atoms with Crippen LogP contribution in [0.25, 0.3) is 11.3 Å². The first kappa shape index (κ1) is 14.8. The van der Waals surface area contributed by atoms with Crippen molar-refractivity contribution in [2.24, 2.45) is 0 Å². The van der Waals surface area contributed by atoms with E-state index in [0.717, 1.165) is 5.56 Å². The van der Waals surface area contributed by atoms with Gasteiger partial charge >= 0.3 is 13.7 Å². The fourth-order valence-electron chi connectivity index (χ4n) is 1.56. The molecule has 0 saturated carbocycles. The van der Waals surface area contributed by atoms with Gasteiger partial charge in [0.2, 0.25) is 0 Å². The average molecular weight is 296 g/mol. The van der Waals surface area contributed by atoms with Crippen molar-refractivity contribution in [1.29, 1.82) is 0 Å². The maximum absolute atomic E-state index is 12.3. The molecular formula is C13H17N2O4P. The maximum Gasteiger partial charge on any atom is 0.461 e. The van der Waals surface area contributed by atoms with Gasteiger partial charge in [0.25, 0.3) is 0 Å². The highest BCUT2D eigenvalue weighted by Gasteiger charge is 2.27. The highest BCUT2D eigenvalue weighted by atomic mass is 31.2. The molecule has 0 bridgehead atoms. The van der Waals surface area contributed by atoms with Crippen LogP contribution in [0.5, 0.6) is 5.95 Å². The fourth-order valence-corrected chi connectivity index (χ4v) is 2.68. The van der Waals surface area contributed by atoms with Gasteiger partial charge in [-0.2, -0.15) is 0 Å². The molecule has 1 heterocycles. The van der Waals surface area contributed by atoms with Crippen LogP contribution < -0.4 is 9.61 Å². The zero-order chi connectivity index (χ0) is 14.6. The van der Waals surface area contributed by atoms with E-state index in [4.69, 9.17) is 13.6 Å². The third-order valence-electron chi connectivity index (χ3n) is 2.39. The zero-order valence-electron chi connectivity index (χ0n) is 11.6. The molecular weight excluding hydrogens is 279 g/mol. The van der Waals surface area contributed by atoms with Crippen LogP contribution in [0.15, 0.2) is 40.9 Å². The lowest BCUT2D eigenvalue weighted by molar-refractivity contribution is 0.188. The molecule has 0 aliphatic heterocycles. The minimum Gasteiger partial charge on any atom is -0.378 e. The minimum absolute atomic E-state index is 0.0437. The largest absolute Gasteiger partial charge is 0.461 e. The van der Waals surface area contributed by atoms with Crippen molar-refractivity contribution in [3.8, 4) is 17.2 Å². The number of benzene rings is 1. The molecule has 1 N–H and O–H groups in total. The number of hydrogen-bond acceptors (Lipinski definition) is 5. The Morgan fingerprint density at radius 1 is 1.30 bits per heavy atom. The first-order chi connectivity index (χ1) is 9.52. The van der Waals surface area contributed by atoms with Gasteiger partial charge in [-0.15, -0.1) is 0 Å². The molecule has 1 aromatic heterocycles. The summed E-state index contributed by atoms with van der Waals surface area (Å²) < 4.78 is 27.8. The van der Waals surface area contributed by atoms with Gasteiger partial charge in [-0.05, 0) is 20.9 Å². The molecule has 0 amide bonds. The molecule has 1 atom stereocenters. The van der Waals surface area contributed by atoms with Crippen molar-refractivity contribution in [3.63, 3.8) is 0 Å². The molecule has 0 fully saturated rings. The van der Waals surface area contributed by atoms with Crippen molar-refractivity contribution in [2.45, 2.75) is 20.0 Å². The van der Waals surface area contributed by atoms with Gasteiger partial charge < -0.3 is 9.05 Å². The zero-order valence-corrected chi connectivity index (χ0v) is 12.5. The van der Waals surface area contributed by atoms with E-state index in [1.807, 2.05) is 30.3 Å². The van der Waals surface area contributed by atoms with Gasteiger partial charge in [-0.25, -0.2) is 9.65 Å². The van der Waals surface area contributed by atoms with Crippen LogP contribution in [-0.2, 0) is 9.09 Å². The molecule has 1 aromatic carbocycles. The van der Waals surface area contributed by atoms with Crippen LogP contribution in [0.1, 0.15) is 13.8 Å². The molecule has 0 spiro atoms. The molecule has 7 heteroatoms. The molecule has 0 radical (unpaired) electrons. The van der Waals surface area contributed by atoms with Crippen molar-refractivity contribution in [2.75, 3.05) is 7.05 Å². The van der Waals surface area contributed by atoms with Crippen LogP contribution in [0.4, 0.5) is 0 Å². The summed E-state index contributed by atoms with van der Waals surface area (Å²) in [6, 6.07) is 11.1. The highest BCUT2D eigenvalue weighted by Crippen LogP contribution is 2.45. The number of hydrogen-bond donors (Lipinski definition) is 1. The molecule has 20 heavy (non-hydrogen) atoms. The summed E-state index contributed by atoms with van der Waals surface area (Å²) in [6.45, 7) is 3.53. The van der Waals surface area contributed by atoms with E-state index in [-0.39, 0.29) is 12.1 Å². The van der Waals surface area contributed by atoms with Gasteiger partial charge in [0.15, 0.2) is 0 Å². The monoisotopic (exact) mass is 296 g/mol. The molecule has 6 nitrogen and oxygen atoms in total. The van der Waals surface area contributed by atoms with Gasteiger partial charge in [0.1, 0.15) is 5.69 Å². The lowest BCUT2D eigenvalue weighted by Gasteiger charge is -2.17. The van der Waals surface area contributed by atoms with E-state index in [2.05, 4.69) is 10.2 Å². The molecule has 0 aliphatic carbocycles. The quantitative estimate of drug-likeness (QED) is 0.823. The summed E-state index contributed by atoms with van der Waals surface area (Å²) in [5.74, 6) is 0.0437. The van der Waals surface area contributed by atoms with Crippen LogP contribution in [0, 0.1) is 0 Å². The van der Waals surface area contributed by atoms with E-state index >= 15 is 0 Å². The Kier molecular flexibility index (Phi) is 4.60. The van der Waals surface area contributed by atoms with Gasteiger partial charge in [-0.1, -0.05) is 35.5 Å². The van der Waals surface area contributed by atoms with E-state index in [1.54, 1.807) is 19.9 Å². The Hall–Kier alpha value is -1.62. The fraction of sp³-hybridized carbons (Fsp3) is 0.308. The maximum atomic E-state index is 12.3. The minimum atomic E-state index is -3.44. The average Bonchev–Trinajstić information content (AvgIpc) is 2.87. The summed E-state index contributed by atoms with van der Waals surface area (Å²) >= 11 is 0. The third kappa shape index (κ3) is 3.70. The molecule has 1 unspecified atom stereocenters. The molecule has 2 aromatic rings. The Balaban J connectivity index is 2.15. The van der Waals surface area contributed by atoms with E-state index in [1.165, 1.54) is 7.05 Å². The number of aromatic nitrogens is 1. The SMILES string of the molecule is CNP(=O)(Oc1cc(-c2ccccc2)no1)OC(C)C. The second-order valence-corrected chi connectivity index (χ2v) is 6.20. The van der Waals surface area contributed by atoms with Crippen LogP contribution in [-0.4, -0.2) is 18.3 Å². The smallest absolute Gasteiger partial charge is 0.378 e. The molecule has 0 saturated heterocycles. The van der Waals surface area contributed by atoms with Crippen LogP contribution >= 0.6 is 7.75 Å². The lowest BCUT2D eigenvalue weighted by Crippen LogP contribution is -2.15. The van der Waals surface area contributed by atoms with Gasteiger partial charge in [0, 0.05) is 5.56 Å². The second-order valence-electron chi connectivity index (χ2n) is 4.36. The lowest BCUT2D eigenvalue weighted by atomic mass is 10.2. The highest BCUT2D eigenvalue weighted by molar-refractivity contribution is 7.52. The first-order valence-corrected chi connectivity index (χ1v) is 7.76. The Morgan fingerprint density at radius 3 is 2.60 bits per heavy atom. The molecule has 108 valence electrons. The molecule has 2 rings (SSSR count). The van der Waals surface area contributed by atoms with E-state index in [9.17, 15) is 4.57 Å². The summed E-state index contributed by atoms with van der Waals surface area (Å²) in [5.41, 5.74) is 1.49. The standard InChI is InChI=1S/C13H17N2O4P/c1-10(2)18-20(16,14-3)19-13-9-12(15-17-13)11-7-5-4-6-8-11/h4-10H,1-3H3,(H,14,16). The normalized spacial score (nSPS) is 14.2. The van der Waals surface area contributed by atoms with Crippen molar-refractivity contribution in [3.05, 3.63) is 36.4 Å². The van der Waals surface area contributed by atoms with Crippen LogP contribution in [0.2, 0.25) is 0 Å². The Labute approximate surface area is 117 Å². The summed E-state index contributed by atoms with van der Waals surface area (Å²) in [5, 5.41) is 6.41. The van der Waals surface area contributed by atoms with Gasteiger partial charge in [-0.3, -0.25) is 4.52 Å². The summed E-state index contributed by atoms with van der Waals surface area (Å²) in [6.07, 6.45) is -0.246. The van der Waals surface area contributed by atoms with Crippen molar-refractivity contribution < 1.29 is 18.1 Å². The van der Waals surface area contributed by atoms with Crippen molar-refractivity contribution >= 4 is 7.75 Å². The Morgan fingerprint density at radius 2 is 2.00 bits per heavy atom. The molecule has 0 aliphatic rings. The topological polar surface area (TPSA) is 73.6 Å². The van der Waals surface area contributed by atoms with Gasteiger partial charge in [0.05, 0.1) is 12.2 Å². The first-order valence-electron chi connectivity index (χ1n) is 6.21. The predicted octanol–water partition coefficient (Wildman–Crippen LogP) is 3.47. The van der Waals surface area contributed by atoms with Crippen LogP contribution in [0.3, 0.4) is 0 Å². The number of nitrogens with one attached hydrogen (secondary N) is 1. The second kappa shape index (κ2) is 6.22. The summed E-state index contributed by atoms with van der Waals surface area (Å²) in [4.78, 5) is 0. The van der Waals surface area contributed by atoms with Crippen molar-refractivity contribution in [1.82, 2.24) is 10.2 Å². The Bertz CT molecular complexity index is 597.